The molecule has 48 valence electrons. The van der Waals surface area contributed by atoms with Gasteiger partial charge in [-0.2, -0.15) is 0 Å². The van der Waals surface area contributed by atoms with Crippen molar-refractivity contribution in [2.75, 3.05) is 0 Å². The summed E-state index contributed by atoms with van der Waals surface area (Å²) in [5, 5.41) is 0.792. The summed E-state index contributed by atoms with van der Waals surface area (Å²) in [7, 11) is -1.51. The number of rotatable bonds is 1. The maximum absolute atomic E-state index is 12.1. The highest BCUT2D eigenvalue weighted by Crippen LogP contribution is 1.99. The van der Waals surface area contributed by atoms with Crippen LogP contribution in [0.5, 0.6) is 0 Å². The van der Waals surface area contributed by atoms with E-state index in [0.717, 1.165) is 10.1 Å². The van der Waals surface area contributed by atoms with Crippen LogP contribution < -0.4 is 5.19 Å². The Morgan fingerprint density at radius 2 is 2.00 bits per heavy atom. The van der Waals surface area contributed by atoms with Gasteiger partial charge in [0.05, 0.1) is 0 Å². The van der Waals surface area contributed by atoms with Crippen LogP contribution in [0.25, 0.3) is 0 Å². The maximum atomic E-state index is 12.1. The zero-order chi connectivity index (χ0) is 6.69. The summed E-state index contributed by atoms with van der Waals surface area (Å²) < 4.78 is 12.1. The molecule has 0 aliphatic carbocycles. The van der Waals surface area contributed by atoms with Crippen molar-refractivity contribution in [1.29, 1.82) is 0 Å². The average molecular weight is 158 g/mol. The summed E-state index contributed by atoms with van der Waals surface area (Å²) in [6.45, 7) is 0. The molecular formula is C6H7FSSi. The fourth-order valence-corrected chi connectivity index (χ4v) is 1.44. The lowest BCUT2D eigenvalue weighted by Crippen LogP contribution is -2.10. The highest BCUT2D eigenvalue weighted by molar-refractivity contribution is 7.80. The number of hydrogen-bond donors (Lipinski definition) is 1. The smallest absolute Gasteiger partial charge is 0.248 e. The lowest BCUT2D eigenvalue weighted by molar-refractivity contribution is 0.883. The Labute approximate surface area is 61.5 Å². The first-order valence-corrected chi connectivity index (χ1v) is 4.36. The minimum absolute atomic E-state index is 0.784. The molecule has 0 aliphatic heterocycles. The number of thiol groups is 1. The van der Waals surface area contributed by atoms with Crippen molar-refractivity contribution in [2.24, 2.45) is 0 Å². The van der Waals surface area contributed by atoms with Gasteiger partial charge in [-0.3, -0.25) is 0 Å². The van der Waals surface area contributed by atoms with Gasteiger partial charge in [-0.05, 0) is 11.3 Å². The molecule has 0 aliphatic rings. The first-order chi connectivity index (χ1) is 4.34. The van der Waals surface area contributed by atoms with Gasteiger partial charge in [-0.25, -0.2) is 0 Å². The van der Waals surface area contributed by atoms with Crippen LogP contribution >= 0.6 is 12.6 Å². The molecule has 0 heterocycles. The summed E-state index contributed by atoms with van der Waals surface area (Å²) in [5.41, 5.74) is 0. The van der Waals surface area contributed by atoms with Crippen molar-refractivity contribution in [2.45, 2.75) is 4.90 Å². The fourth-order valence-electron chi connectivity index (χ4n) is 0.624. The Hall–Kier alpha value is -0.283. The van der Waals surface area contributed by atoms with E-state index in [4.69, 9.17) is 0 Å². The molecule has 0 fully saturated rings. The van der Waals surface area contributed by atoms with Crippen molar-refractivity contribution in [1.82, 2.24) is 0 Å². The highest BCUT2D eigenvalue weighted by Gasteiger charge is 1.94. The molecule has 0 nitrogen and oxygen atoms in total. The summed E-state index contributed by atoms with van der Waals surface area (Å²) >= 11 is 4.07. The van der Waals surface area contributed by atoms with Crippen molar-refractivity contribution in [3.63, 3.8) is 0 Å². The quantitative estimate of drug-likeness (QED) is 0.346. The lowest BCUT2D eigenvalue weighted by Gasteiger charge is -1.94. The minimum Gasteiger partial charge on any atom is -0.317 e. The van der Waals surface area contributed by atoms with Gasteiger partial charge in [0.2, 0.25) is 9.85 Å². The van der Waals surface area contributed by atoms with Crippen molar-refractivity contribution < 1.29 is 4.11 Å². The predicted molar refractivity (Wildman–Crippen MR) is 43.0 cm³/mol. The standard InChI is InChI=1S/C6H7FSSi/c7-9-6-4-2-1-3-5(6)8/h1-4,8H,9H2. The maximum Gasteiger partial charge on any atom is 0.248 e. The van der Waals surface area contributed by atoms with Crippen molar-refractivity contribution in [3.8, 4) is 0 Å². The van der Waals surface area contributed by atoms with E-state index in [1.165, 1.54) is 0 Å². The number of hydrogen-bond acceptors (Lipinski definition) is 1. The van der Waals surface area contributed by atoms with Crippen LogP contribution in [0.3, 0.4) is 0 Å². The van der Waals surface area contributed by atoms with Crippen molar-refractivity contribution >= 4 is 27.7 Å². The van der Waals surface area contributed by atoms with Gasteiger partial charge in [-0.15, -0.1) is 12.6 Å². The second-order valence-electron chi connectivity index (χ2n) is 1.76. The monoisotopic (exact) mass is 158 g/mol. The van der Waals surface area contributed by atoms with E-state index in [1.54, 1.807) is 6.07 Å². The summed E-state index contributed by atoms with van der Waals surface area (Å²) in [4.78, 5) is 0.784. The number of halogens is 1. The molecule has 0 spiro atoms. The molecule has 1 rings (SSSR count). The van der Waals surface area contributed by atoms with Gasteiger partial charge < -0.3 is 4.11 Å². The molecule has 0 aromatic heterocycles. The first kappa shape index (κ1) is 6.83. The Kier molecular flexibility index (Phi) is 2.30. The van der Waals surface area contributed by atoms with Gasteiger partial charge in [-0.1, -0.05) is 18.2 Å². The molecule has 0 atom stereocenters. The third kappa shape index (κ3) is 1.56. The molecule has 1 aromatic carbocycles. The first-order valence-electron chi connectivity index (χ1n) is 2.67. The lowest BCUT2D eigenvalue weighted by atomic mass is 10.4. The molecule has 0 saturated heterocycles. The topological polar surface area (TPSA) is 0 Å². The van der Waals surface area contributed by atoms with Gasteiger partial charge in [0.25, 0.3) is 0 Å². The van der Waals surface area contributed by atoms with E-state index in [0.29, 0.717) is 0 Å². The molecule has 3 heteroatoms. The summed E-state index contributed by atoms with van der Waals surface area (Å²) in [6, 6.07) is 7.29. The predicted octanol–water partition coefficient (Wildman–Crippen LogP) is 0.654. The summed E-state index contributed by atoms with van der Waals surface area (Å²) in [6.07, 6.45) is 0. The van der Waals surface area contributed by atoms with E-state index >= 15 is 0 Å². The van der Waals surface area contributed by atoms with Crippen LogP contribution in [-0.4, -0.2) is 9.85 Å². The van der Waals surface area contributed by atoms with Crippen molar-refractivity contribution in [3.05, 3.63) is 24.3 Å². The molecular weight excluding hydrogens is 151 g/mol. The second-order valence-corrected chi connectivity index (χ2v) is 3.27. The molecule has 9 heavy (non-hydrogen) atoms. The summed E-state index contributed by atoms with van der Waals surface area (Å²) in [5.74, 6) is 0. The highest BCUT2D eigenvalue weighted by atomic mass is 32.1. The minimum atomic E-state index is -1.51. The normalized spacial score (nSPS) is 10.9. The zero-order valence-corrected chi connectivity index (χ0v) is 7.15. The fraction of sp³-hybridized carbons (Fsp3) is 0. The Morgan fingerprint density at radius 3 is 2.44 bits per heavy atom. The van der Waals surface area contributed by atoms with E-state index in [1.807, 2.05) is 18.2 Å². The van der Waals surface area contributed by atoms with Crippen LogP contribution in [0, 0.1) is 0 Å². The Bertz CT molecular complexity index is 202. The molecule has 0 unspecified atom stereocenters. The van der Waals surface area contributed by atoms with Crippen LogP contribution in [0.1, 0.15) is 0 Å². The zero-order valence-electron chi connectivity index (χ0n) is 4.84. The van der Waals surface area contributed by atoms with Gasteiger partial charge in [0.1, 0.15) is 0 Å². The third-order valence-corrected chi connectivity index (χ3v) is 2.77. The van der Waals surface area contributed by atoms with Crippen LogP contribution in [0.15, 0.2) is 29.2 Å². The Morgan fingerprint density at radius 1 is 1.33 bits per heavy atom. The molecule has 0 amide bonds. The van der Waals surface area contributed by atoms with E-state index < -0.39 is 9.85 Å². The van der Waals surface area contributed by atoms with Gasteiger partial charge >= 0.3 is 0 Å². The third-order valence-electron chi connectivity index (χ3n) is 1.14. The van der Waals surface area contributed by atoms with Gasteiger partial charge in [0, 0.05) is 4.90 Å². The van der Waals surface area contributed by atoms with Crippen LogP contribution in [0.2, 0.25) is 0 Å². The van der Waals surface area contributed by atoms with E-state index in [2.05, 4.69) is 12.6 Å². The molecule has 1 aromatic rings. The largest absolute Gasteiger partial charge is 0.317 e. The van der Waals surface area contributed by atoms with Gasteiger partial charge in [0.15, 0.2) is 0 Å². The number of benzene rings is 1. The second kappa shape index (κ2) is 3.03. The molecule has 0 saturated carbocycles. The SMILES string of the molecule is F[SiH2]c1ccccc1S. The Balaban J connectivity index is 3.01. The van der Waals surface area contributed by atoms with Crippen LogP contribution in [0.4, 0.5) is 4.11 Å². The average Bonchev–Trinajstić information content (AvgIpc) is 1.89. The van der Waals surface area contributed by atoms with E-state index in [-0.39, 0.29) is 0 Å². The molecule has 0 bridgehead atoms. The molecule has 0 N–H and O–H groups in total. The van der Waals surface area contributed by atoms with E-state index in [9.17, 15) is 4.11 Å². The van der Waals surface area contributed by atoms with Crippen LogP contribution in [-0.2, 0) is 0 Å². The molecule has 0 radical (unpaired) electrons.